The van der Waals surface area contributed by atoms with Gasteiger partial charge < -0.3 is 75.0 Å². The van der Waals surface area contributed by atoms with Crippen molar-refractivity contribution in [3.8, 4) is 12.3 Å². The summed E-state index contributed by atoms with van der Waals surface area (Å²) in [5, 5.41) is 46.4. The van der Waals surface area contributed by atoms with Gasteiger partial charge in [0.1, 0.15) is 47.9 Å². The number of ether oxygens (including phenoxy) is 7. The molecule has 13 nitrogen and oxygen atoms in total. The molecule has 2 bridgehead atoms. The number of methoxy groups -OCH3 is 1. The Bertz CT molecular complexity index is 1370. The molecule has 312 valence electrons. The van der Waals surface area contributed by atoms with Crippen molar-refractivity contribution in [2.75, 3.05) is 27.7 Å². The lowest BCUT2D eigenvalue weighted by molar-refractivity contribution is -0.915. The number of aliphatic hydroxyl groups excluding tert-OH is 3. The minimum atomic E-state index is -1.84. The number of fused-ring (bicyclic) bond motifs is 2. The summed E-state index contributed by atoms with van der Waals surface area (Å²) in [6.07, 6.45) is -2.11. The van der Waals surface area contributed by atoms with Gasteiger partial charge in [-0.15, -0.1) is 6.42 Å². The fourth-order valence-electron chi connectivity index (χ4n) is 9.26. The lowest BCUT2D eigenvalue weighted by atomic mass is 9.78. The number of likely N-dealkylation sites (N-methyl/N-ethyl adjacent to an activating group) is 1. The molecule has 0 aromatic heterocycles. The van der Waals surface area contributed by atoms with Crippen LogP contribution in [0, 0.1) is 30.1 Å². The molecule has 54 heavy (non-hydrogen) atoms. The Morgan fingerprint density at radius 2 is 1.63 bits per heavy atom. The molecule has 0 aromatic carbocycles. The molecule has 0 saturated carbocycles. The molecule has 4 heterocycles. The summed E-state index contributed by atoms with van der Waals surface area (Å²) in [5.74, 6) is 0.309. The zero-order chi connectivity index (χ0) is 40.0. The zero-order valence-corrected chi connectivity index (χ0v) is 36.2. The van der Waals surface area contributed by atoms with Gasteiger partial charge in [0.2, 0.25) is 0 Å². The third-order valence-electron chi connectivity index (χ3n) is 12.7. The summed E-state index contributed by atoms with van der Waals surface area (Å²) in [7, 11) is 5.47. The molecule has 0 radical (unpaired) electrons. The van der Waals surface area contributed by atoms with Crippen LogP contribution in [0.15, 0.2) is 11.3 Å². The van der Waals surface area contributed by atoms with E-state index in [-0.39, 0.29) is 42.0 Å². The van der Waals surface area contributed by atoms with Crippen LogP contribution in [0.5, 0.6) is 0 Å². The van der Waals surface area contributed by atoms with E-state index >= 15 is 0 Å². The van der Waals surface area contributed by atoms with Gasteiger partial charge in [-0.25, -0.2) is 0 Å². The number of rotatable bonds is 8. The minimum Gasteiger partial charge on any atom is -1.00 e. The van der Waals surface area contributed by atoms with Crippen molar-refractivity contribution < 1.29 is 79.8 Å². The number of esters is 1. The van der Waals surface area contributed by atoms with Gasteiger partial charge in [-0.1, -0.05) is 20.8 Å². The fourth-order valence-corrected chi connectivity index (χ4v) is 9.26. The first-order chi connectivity index (χ1) is 24.5. The van der Waals surface area contributed by atoms with Crippen LogP contribution in [0.4, 0.5) is 0 Å². The molecule has 4 unspecified atom stereocenters. The maximum atomic E-state index is 14.2. The molecular formula is C40H68BrNO12. The number of aliphatic hydroxyl groups is 4. The van der Waals surface area contributed by atoms with Crippen molar-refractivity contribution in [2.24, 2.45) is 17.8 Å². The molecular weight excluding hydrogens is 766 g/mol. The first kappa shape index (κ1) is 47.0. The molecule has 0 spiro atoms. The topological polar surface area (TPSA) is 163 Å². The van der Waals surface area contributed by atoms with E-state index < -0.39 is 95.8 Å². The minimum absolute atomic E-state index is 0. The number of carbonyl (C=O) groups excluding carboxylic acids is 1. The number of terminal acetylenes is 1. The highest BCUT2D eigenvalue weighted by Gasteiger charge is 2.57. The average Bonchev–Trinajstić information content (AvgIpc) is 3.40. The van der Waals surface area contributed by atoms with Crippen LogP contribution in [0.2, 0.25) is 0 Å². The Morgan fingerprint density at radius 3 is 2.20 bits per heavy atom. The molecule has 4 aliphatic rings. The van der Waals surface area contributed by atoms with Crippen molar-refractivity contribution in [1.29, 1.82) is 0 Å². The molecule has 3 fully saturated rings. The maximum Gasteiger partial charge on any atom is 0.311 e. The lowest BCUT2D eigenvalue weighted by Crippen LogP contribution is -3.00. The number of nitrogens with zero attached hydrogens (tertiary/aromatic N) is 1. The smallest absolute Gasteiger partial charge is 0.311 e. The van der Waals surface area contributed by atoms with Crippen molar-refractivity contribution in [2.45, 2.75) is 179 Å². The Hall–Kier alpha value is -1.35. The van der Waals surface area contributed by atoms with Crippen LogP contribution in [0.25, 0.3) is 0 Å². The van der Waals surface area contributed by atoms with Crippen LogP contribution < -0.4 is 17.0 Å². The Balaban J connectivity index is 0.00000784. The van der Waals surface area contributed by atoms with E-state index in [1.165, 1.54) is 14.0 Å². The van der Waals surface area contributed by atoms with Gasteiger partial charge in [0.25, 0.3) is 0 Å². The van der Waals surface area contributed by atoms with Crippen molar-refractivity contribution in [3.63, 3.8) is 0 Å². The van der Waals surface area contributed by atoms with Gasteiger partial charge in [0, 0.05) is 38.2 Å². The molecule has 4 aliphatic heterocycles. The highest BCUT2D eigenvalue weighted by atomic mass is 79.9. The van der Waals surface area contributed by atoms with Crippen LogP contribution in [0.3, 0.4) is 0 Å². The summed E-state index contributed by atoms with van der Waals surface area (Å²) in [4.78, 5) is 14.2. The molecule has 0 amide bonds. The number of carbonyl (C=O) groups is 1. The standard InChI is InChI=1S/C40H68NO12.BrH/c1-15-17-41(12,13)27-18-22(4)48-37(30(27)42)52-35-24(6)32(51-29-20-38(9,47-14)34(44)26(8)49-29)25(7)36(45)50-28(16-2)40(11,46)33(43)23(5)31-21(3)19-39(35,10)53-31;/h1,22-30,32-35,37,42-44,46H,16-20H2,2-14H3;1H/q+1;/p-1/t22-,23-,24?,25?,26+,27+,28?,29-,30-,32+,33-,34+,35?,37-,38-,39+,40-;/m1./s1. The average molecular weight is 835 g/mol. The summed E-state index contributed by atoms with van der Waals surface area (Å²) < 4.78 is 45.3. The monoisotopic (exact) mass is 833 g/mol. The normalized spacial score (nSPS) is 46.6. The third-order valence-corrected chi connectivity index (χ3v) is 12.7. The summed E-state index contributed by atoms with van der Waals surface area (Å²) in [6, 6.07) is -0.308. The number of hydrogen-bond acceptors (Lipinski definition) is 12. The van der Waals surface area contributed by atoms with E-state index in [0.717, 1.165) is 5.57 Å². The van der Waals surface area contributed by atoms with Crippen LogP contribution in [-0.2, 0) is 38.0 Å². The number of quaternary nitrogens is 1. The Kier molecular flexibility index (Phi) is 15.4. The summed E-state index contributed by atoms with van der Waals surface area (Å²) >= 11 is 0. The van der Waals surface area contributed by atoms with Crippen molar-refractivity contribution >= 4 is 5.97 Å². The van der Waals surface area contributed by atoms with Gasteiger partial charge in [-0.2, -0.15) is 0 Å². The predicted octanol–water partition coefficient (Wildman–Crippen LogP) is 0.0443. The van der Waals surface area contributed by atoms with E-state index in [0.29, 0.717) is 29.6 Å². The Labute approximate surface area is 333 Å². The van der Waals surface area contributed by atoms with Crippen molar-refractivity contribution in [1.82, 2.24) is 0 Å². The maximum absolute atomic E-state index is 14.2. The zero-order valence-electron chi connectivity index (χ0n) is 34.6. The van der Waals surface area contributed by atoms with Gasteiger partial charge >= 0.3 is 5.97 Å². The van der Waals surface area contributed by atoms with Gasteiger partial charge in [0.15, 0.2) is 18.7 Å². The molecule has 4 rings (SSSR count). The summed E-state index contributed by atoms with van der Waals surface area (Å²) in [6.45, 7) is 18.3. The first-order valence-corrected chi connectivity index (χ1v) is 19.3. The molecule has 4 N–H and O–H groups in total. The van der Waals surface area contributed by atoms with E-state index in [4.69, 9.17) is 39.6 Å². The second-order valence-corrected chi connectivity index (χ2v) is 17.5. The third kappa shape index (κ3) is 9.18. The van der Waals surface area contributed by atoms with E-state index in [1.54, 1.807) is 34.6 Å². The molecule has 3 saturated heterocycles. The summed E-state index contributed by atoms with van der Waals surface area (Å²) in [5.41, 5.74) is -3.08. The van der Waals surface area contributed by atoms with E-state index in [9.17, 15) is 25.2 Å². The highest BCUT2D eigenvalue weighted by molar-refractivity contribution is 5.73. The first-order valence-electron chi connectivity index (χ1n) is 19.3. The molecule has 0 aromatic rings. The highest BCUT2D eigenvalue weighted by Crippen LogP contribution is 2.47. The predicted molar refractivity (Wildman–Crippen MR) is 196 cm³/mol. The van der Waals surface area contributed by atoms with E-state index in [2.05, 4.69) is 5.92 Å². The van der Waals surface area contributed by atoms with Gasteiger partial charge in [0.05, 0.1) is 50.0 Å². The number of cyclic esters (lactones) is 1. The number of halogens is 1. The number of hydrogen-bond donors (Lipinski definition) is 4. The molecule has 14 heteroatoms. The van der Waals surface area contributed by atoms with Crippen molar-refractivity contribution in [3.05, 3.63) is 11.3 Å². The van der Waals surface area contributed by atoms with Crippen LogP contribution in [-0.4, -0.2) is 143 Å². The van der Waals surface area contributed by atoms with Gasteiger partial charge in [-0.3, -0.25) is 4.79 Å². The fraction of sp³-hybridized carbons (Fsp3) is 0.875. The van der Waals surface area contributed by atoms with E-state index in [1.807, 2.05) is 41.8 Å². The second-order valence-electron chi connectivity index (χ2n) is 17.5. The quantitative estimate of drug-likeness (QED) is 0.148. The lowest BCUT2D eigenvalue weighted by Gasteiger charge is -2.49. The van der Waals surface area contributed by atoms with Gasteiger partial charge in [-0.05, 0) is 66.4 Å². The largest absolute Gasteiger partial charge is 1.00 e. The molecule has 17 atom stereocenters. The second kappa shape index (κ2) is 17.6. The Morgan fingerprint density at radius 1 is 1.00 bits per heavy atom. The van der Waals surface area contributed by atoms with Crippen LogP contribution in [0.1, 0.15) is 94.9 Å². The molecule has 0 aliphatic carbocycles. The van der Waals surface area contributed by atoms with Crippen LogP contribution >= 0.6 is 0 Å². The SMILES string of the molecule is C#CC[N+](C)(C)[C@H]1C[C@@H](C)O[C@H](OC2C(C)[C@H](O[C@@H]3C[C@@](C)(OC)[C@@H](O)[C@H](C)O3)C(C)C(=O)OC(CC)[C@@](C)(O)[C@H](O)[C@H](C)C3=C(C)C[C@]2(C)O3)[C@@H]1O.[Br-].